The molecule has 0 N–H and O–H groups in total. The van der Waals surface area contributed by atoms with Gasteiger partial charge in [-0.1, -0.05) is 0 Å². The van der Waals surface area contributed by atoms with E-state index >= 15 is 0 Å². The molecule has 60 valence electrons. The van der Waals surface area contributed by atoms with Crippen molar-refractivity contribution in [2.45, 2.75) is 0 Å². The summed E-state index contributed by atoms with van der Waals surface area (Å²) in [6, 6.07) is 0. The molecule has 2 fully saturated rings. The van der Waals surface area contributed by atoms with E-state index in [9.17, 15) is 9.59 Å². The SMILES string of the molecule is CN1C(=O)[C@H]2CSC[C@H]2C1=O. The summed E-state index contributed by atoms with van der Waals surface area (Å²) in [7, 11) is 1.58. The van der Waals surface area contributed by atoms with Gasteiger partial charge in [0.1, 0.15) is 0 Å². The number of hydrogen-bond donors (Lipinski definition) is 0. The minimum atomic E-state index is -0.00231. The zero-order valence-corrected chi connectivity index (χ0v) is 7.06. The highest BCUT2D eigenvalue weighted by atomic mass is 32.2. The first-order chi connectivity index (χ1) is 5.22. The molecule has 2 aliphatic rings. The number of hydrogen-bond acceptors (Lipinski definition) is 3. The Morgan fingerprint density at radius 3 is 2.18 bits per heavy atom. The van der Waals surface area contributed by atoms with Gasteiger partial charge in [0.25, 0.3) is 0 Å². The van der Waals surface area contributed by atoms with E-state index in [2.05, 4.69) is 0 Å². The second kappa shape index (κ2) is 2.24. The molecule has 2 heterocycles. The molecule has 4 heteroatoms. The van der Waals surface area contributed by atoms with Crippen molar-refractivity contribution in [1.29, 1.82) is 0 Å². The molecule has 0 saturated carbocycles. The zero-order valence-electron chi connectivity index (χ0n) is 6.24. The van der Waals surface area contributed by atoms with Gasteiger partial charge in [-0.25, -0.2) is 0 Å². The second-order valence-electron chi connectivity index (χ2n) is 2.99. The maximum atomic E-state index is 11.3. The summed E-state index contributed by atoms with van der Waals surface area (Å²) in [6.07, 6.45) is 0. The van der Waals surface area contributed by atoms with Crippen LogP contribution in [0.5, 0.6) is 0 Å². The highest BCUT2D eigenvalue weighted by molar-refractivity contribution is 7.99. The van der Waals surface area contributed by atoms with Crippen LogP contribution in [0.2, 0.25) is 0 Å². The summed E-state index contributed by atoms with van der Waals surface area (Å²) in [4.78, 5) is 23.9. The largest absolute Gasteiger partial charge is 0.285 e. The van der Waals surface area contributed by atoms with Gasteiger partial charge in [-0.15, -0.1) is 0 Å². The van der Waals surface area contributed by atoms with Crippen LogP contribution in [0.1, 0.15) is 0 Å². The molecule has 0 aromatic carbocycles. The first-order valence-electron chi connectivity index (χ1n) is 3.61. The maximum Gasteiger partial charge on any atom is 0.233 e. The molecule has 2 atom stereocenters. The molecule has 0 aliphatic carbocycles. The van der Waals surface area contributed by atoms with Crippen molar-refractivity contribution >= 4 is 23.6 Å². The van der Waals surface area contributed by atoms with Crippen LogP contribution < -0.4 is 0 Å². The topological polar surface area (TPSA) is 37.4 Å². The van der Waals surface area contributed by atoms with Gasteiger partial charge in [-0.2, -0.15) is 11.8 Å². The molecule has 0 bridgehead atoms. The average molecular weight is 171 g/mol. The van der Waals surface area contributed by atoms with Crippen LogP contribution in [-0.2, 0) is 9.59 Å². The lowest BCUT2D eigenvalue weighted by Gasteiger charge is -2.06. The summed E-state index contributed by atoms with van der Waals surface area (Å²) < 4.78 is 0. The van der Waals surface area contributed by atoms with E-state index < -0.39 is 0 Å². The summed E-state index contributed by atoms with van der Waals surface area (Å²) in [5.41, 5.74) is 0. The van der Waals surface area contributed by atoms with Crippen LogP contribution in [-0.4, -0.2) is 35.3 Å². The number of carbonyl (C=O) groups is 2. The minimum Gasteiger partial charge on any atom is -0.285 e. The van der Waals surface area contributed by atoms with Crippen LogP contribution >= 0.6 is 11.8 Å². The fourth-order valence-corrected chi connectivity index (χ4v) is 3.04. The Balaban J connectivity index is 2.30. The lowest BCUT2D eigenvalue weighted by atomic mass is 10.00. The Morgan fingerprint density at radius 1 is 1.27 bits per heavy atom. The molecule has 0 aromatic rings. The van der Waals surface area contributed by atoms with Gasteiger partial charge < -0.3 is 0 Å². The van der Waals surface area contributed by atoms with Crippen LogP contribution in [0, 0.1) is 11.8 Å². The summed E-state index contributed by atoms with van der Waals surface area (Å²) in [5, 5.41) is 0. The van der Waals surface area contributed by atoms with Crippen LogP contribution in [0.25, 0.3) is 0 Å². The monoisotopic (exact) mass is 171 g/mol. The van der Waals surface area contributed by atoms with E-state index in [0.717, 1.165) is 11.5 Å². The van der Waals surface area contributed by atoms with Gasteiger partial charge in [-0.3, -0.25) is 14.5 Å². The Hall–Kier alpha value is -0.510. The smallest absolute Gasteiger partial charge is 0.233 e. The fraction of sp³-hybridized carbons (Fsp3) is 0.714. The van der Waals surface area contributed by atoms with Gasteiger partial charge in [0.2, 0.25) is 11.8 Å². The summed E-state index contributed by atoms with van der Waals surface area (Å²) >= 11 is 1.71. The number of fused-ring (bicyclic) bond motifs is 1. The molecule has 0 radical (unpaired) electrons. The highest BCUT2D eigenvalue weighted by Crippen LogP contribution is 2.36. The highest BCUT2D eigenvalue weighted by Gasteiger charge is 2.48. The Labute approximate surface area is 69.1 Å². The molecule has 0 unspecified atom stereocenters. The minimum absolute atomic E-state index is 0.00231. The third-order valence-corrected chi connectivity index (χ3v) is 3.57. The van der Waals surface area contributed by atoms with Crippen molar-refractivity contribution in [3.63, 3.8) is 0 Å². The predicted octanol–water partition coefficient (Wildman–Crippen LogP) is -0.0358. The average Bonchev–Trinajstić information content (AvgIpc) is 2.53. The van der Waals surface area contributed by atoms with Crippen molar-refractivity contribution in [2.75, 3.05) is 18.6 Å². The Morgan fingerprint density at radius 2 is 1.73 bits per heavy atom. The summed E-state index contributed by atoms with van der Waals surface area (Å²) in [5.74, 6) is 1.70. The lowest BCUT2D eigenvalue weighted by Crippen LogP contribution is -2.27. The summed E-state index contributed by atoms with van der Waals surface area (Å²) in [6.45, 7) is 0. The van der Waals surface area contributed by atoms with E-state index in [1.165, 1.54) is 4.90 Å². The lowest BCUT2D eigenvalue weighted by molar-refractivity contribution is -0.138. The number of amides is 2. The van der Waals surface area contributed by atoms with E-state index in [1.54, 1.807) is 18.8 Å². The number of likely N-dealkylation sites (tertiary alicyclic amines) is 1. The maximum absolute atomic E-state index is 11.3. The fourth-order valence-electron chi connectivity index (χ4n) is 1.65. The van der Waals surface area contributed by atoms with E-state index in [4.69, 9.17) is 0 Å². The van der Waals surface area contributed by atoms with Crippen molar-refractivity contribution in [2.24, 2.45) is 11.8 Å². The number of nitrogens with zero attached hydrogens (tertiary/aromatic N) is 1. The molecule has 2 aliphatic heterocycles. The molecule has 3 nitrogen and oxygen atoms in total. The third-order valence-electron chi connectivity index (χ3n) is 2.38. The Kier molecular flexibility index (Phi) is 1.45. The molecule has 2 amide bonds. The standard InChI is InChI=1S/C7H9NO2S/c1-8-6(9)4-2-11-3-5(4)7(8)10/h4-5H,2-3H2,1H3/t4-,5+. The molecule has 2 saturated heterocycles. The normalized spacial score (nSPS) is 36.6. The molecule has 2 rings (SSSR count). The quantitative estimate of drug-likeness (QED) is 0.480. The van der Waals surface area contributed by atoms with E-state index in [0.29, 0.717) is 0 Å². The van der Waals surface area contributed by atoms with E-state index in [-0.39, 0.29) is 23.7 Å². The van der Waals surface area contributed by atoms with Gasteiger partial charge in [0.15, 0.2) is 0 Å². The number of rotatable bonds is 0. The molecular weight excluding hydrogens is 162 g/mol. The van der Waals surface area contributed by atoms with Crippen molar-refractivity contribution in [3.05, 3.63) is 0 Å². The van der Waals surface area contributed by atoms with Gasteiger partial charge in [0.05, 0.1) is 11.8 Å². The predicted molar refractivity (Wildman–Crippen MR) is 42.1 cm³/mol. The first kappa shape index (κ1) is 7.16. The zero-order chi connectivity index (χ0) is 8.01. The van der Waals surface area contributed by atoms with Crippen LogP contribution in [0.15, 0.2) is 0 Å². The molecular formula is C7H9NO2S. The second-order valence-corrected chi connectivity index (χ2v) is 4.06. The van der Waals surface area contributed by atoms with E-state index in [1.807, 2.05) is 0 Å². The number of imide groups is 1. The molecule has 11 heavy (non-hydrogen) atoms. The van der Waals surface area contributed by atoms with Gasteiger partial charge >= 0.3 is 0 Å². The van der Waals surface area contributed by atoms with Gasteiger partial charge in [-0.05, 0) is 0 Å². The third kappa shape index (κ3) is 0.819. The van der Waals surface area contributed by atoms with Crippen LogP contribution in [0.4, 0.5) is 0 Å². The van der Waals surface area contributed by atoms with Crippen molar-refractivity contribution in [1.82, 2.24) is 4.90 Å². The molecule has 0 aromatic heterocycles. The number of carbonyl (C=O) groups excluding carboxylic acids is 2. The number of thioether (sulfide) groups is 1. The van der Waals surface area contributed by atoms with Crippen LogP contribution in [0.3, 0.4) is 0 Å². The Bertz CT molecular complexity index is 206. The first-order valence-corrected chi connectivity index (χ1v) is 4.76. The molecule has 0 spiro atoms. The van der Waals surface area contributed by atoms with Gasteiger partial charge in [0, 0.05) is 18.6 Å². The van der Waals surface area contributed by atoms with Crippen molar-refractivity contribution < 1.29 is 9.59 Å². The van der Waals surface area contributed by atoms with Crippen molar-refractivity contribution in [3.8, 4) is 0 Å².